The van der Waals surface area contributed by atoms with Gasteiger partial charge in [0.15, 0.2) is 0 Å². The van der Waals surface area contributed by atoms with Crippen LogP contribution >= 0.6 is 0 Å². The van der Waals surface area contributed by atoms with Crippen LogP contribution in [-0.2, 0) is 0 Å². The summed E-state index contributed by atoms with van der Waals surface area (Å²) >= 11 is 0. The molecule has 96 valence electrons. The van der Waals surface area contributed by atoms with Gasteiger partial charge in [0.1, 0.15) is 0 Å². The number of hydrogen-bond acceptors (Lipinski definition) is 3. The van der Waals surface area contributed by atoms with Crippen molar-refractivity contribution in [1.82, 2.24) is 10.2 Å². The van der Waals surface area contributed by atoms with Crippen molar-refractivity contribution in [3.63, 3.8) is 0 Å². The lowest BCUT2D eigenvalue weighted by molar-refractivity contribution is -0.0158. The molecule has 0 amide bonds. The summed E-state index contributed by atoms with van der Waals surface area (Å²) in [6.45, 7) is 9.50. The maximum Gasteiger partial charge on any atom is 0.0768 e. The van der Waals surface area contributed by atoms with E-state index in [0.29, 0.717) is 12.0 Å². The molecular formula is C13H28N2O. The minimum absolute atomic E-state index is 0.480. The van der Waals surface area contributed by atoms with Gasteiger partial charge in [-0.3, -0.25) is 0 Å². The fourth-order valence-corrected chi connectivity index (χ4v) is 2.69. The van der Waals surface area contributed by atoms with Gasteiger partial charge in [-0.05, 0) is 38.8 Å². The number of β-amino-alcohol motifs (C(OH)–C–C–N with tert-alkyl or cyclic N) is 1. The van der Waals surface area contributed by atoms with Crippen molar-refractivity contribution in [3.8, 4) is 0 Å². The summed E-state index contributed by atoms with van der Waals surface area (Å²) in [6, 6.07) is 0.646. The van der Waals surface area contributed by atoms with Crippen LogP contribution in [0.3, 0.4) is 0 Å². The zero-order valence-corrected chi connectivity index (χ0v) is 11.3. The molecule has 0 aliphatic carbocycles. The second kappa shape index (κ2) is 5.99. The van der Waals surface area contributed by atoms with Gasteiger partial charge in [0.25, 0.3) is 0 Å². The van der Waals surface area contributed by atoms with E-state index >= 15 is 0 Å². The number of nitrogens with one attached hydrogen (secondary N) is 1. The summed E-state index contributed by atoms with van der Waals surface area (Å²) in [7, 11) is 2.05. The van der Waals surface area contributed by atoms with Gasteiger partial charge in [-0.1, -0.05) is 20.8 Å². The first-order valence-electron chi connectivity index (χ1n) is 6.66. The lowest BCUT2D eigenvalue weighted by Gasteiger charge is -2.40. The molecular weight excluding hydrogens is 200 g/mol. The van der Waals surface area contributed by atoms with E-state index in [1.54, 1.807) is 0 Å². The highest BCUT2D eigenvalue weighted by atomic mass is 16.3. The first-order valence-corrected chi connectivity index (χ1v) is 6.66. The Morgan fingerprint density at radius 2 is 2.00 bits per heavy atom. The quantitative estimate of drug-likeness (QED) is 0.748. The predicted octanol–water partition coefficient (Wildman–Crippen LogP) is 1.47. The maximum atomic E-state index is 10.3. The van der Waals surface area contributed by atoms with Crippen molar-refractivity contribution >= 4 is 0 Å². The van der Waals surface area contributed by atoms with E-state index < -0.39 is 5.60 Å². The SMILES string of the molecule is CCC(O)(CC)CN1CCC(NC)C(C)C1. The minimum Gasteiger partial charge on any atom is -0.389 e. The number of nitrogens with zero attached hydrogens (tertiary/aromatic N) is 1. The number of rotatable bonds is 5. The predicted molar refractivity (Wildman–Crippen MR) is 68.6 cm³/mol. The standard InChI is InChI=1S/C13H28N2O/c1-5-13(16,6-2)10-15-8-7-12(14-4)11(3)9-15/h11-12,14,16H,5-10H2,1-4H3. The van der Waals surface area contributed by atoms with E-state index in [2.05, 4.69) is 31.0 Å². The molecule has 0 radical (unpaired) electrons. The molecule has 3 heteroatoms. The third-order valence-corrected chi connectivity index (χ3v) is 4.19. The van der Waals surface area contributed by atoms with Crippen LogP contribution in [0.1, 0.15) is 40.0 Å². The van der Waals surface area contributed by atoms with Crippen molar-refractivity contribution in [2.24, 2.45) is 5.92 Å². The van der Waals surface area contributed by atoms with Crippen LogP contribution < -0.4 is 5.32 Å². The van der Waals surface area contributed by atoms with Crippen LogP contribution in [0.15, 0.2) is 0 Å². The van der Waals surface area contributed by atoms with Gasteiger partial charge in [0, 0.05) is 19.1 Å². The normalized spacial score (nSPS) is 28.3. The lowest BCUT2D eigenvalue weighted by atomic mass is 9.91. The Morgan fingerprint density at radius 3 is 2.44 bits per heavy atom. The molecule has 1 aliphatic heterocycles. The molecule has 1 rings (SSSR count). The first-order chi connectivity index (χ1) is 7.54. The highest BCUT2D eigenvalue weighted by Crippen LogP contribution is 2.22. The number of piperidine rings is 1. The van der Waals surface area contributed by atoms with Gasteiger partial charge < -0.3 is 15.3 Å². The summed E-state index contributed by atoms with van der Waals surface area (Å²) in [5.41, 5.74) is -0.480. The summed E-state index contributed by atoms with van der Waals surface area (Å²) < 4.78 is 0. The van der Waals surface area contributed by atoms with Crippen LogP contribution in [0.2, 0.25) is 0 Å². The summed E-state index contributed by atoms with van der Waals surface area (Å²) in [4.78, 5) is 2.42. The molecule has 1 fully saturated rings. The third-order valence-electron chi connectivity index (χ3n) is 4.19. The molecule has 0 aromatic carbocycles. The van der Waals surface area contributed by atoms with Gasteiger partial charge in [0.05, 0.1) is 5.60 Å². The fraction of sp³-hybridized carbons (Fsp3) is 1.00. The molecule has 0 saturated carbocycles. The largest absolute Gasteiger partial charge is 0.389 e. The molecule has 0 spiro atoms. The van der Waals surface area contributed by atoms with Crippen molar-refractivity contribution in [1.29, 1.82) is 0 Å². The van der Waals surface area contributed by atoms with Gasteiger partial charge in [-0.25, -0.2) is 0 Å². The van der Waals surface area contributed by atoms with E-state index in [1.165, 1.54) is 6.42 Å². The molecule has 2 atom stereocenters. The number of likely N-dealkylation sites (tertiary alicyclic amines) is 1. The van der Waals surface area contributed by atoms with E-state index in [0.717, 1.165) is 32.5 Å². The van der Waals surface area contributed by atoms with Crippen LogP contribution in [-0.4, -0.2) is 48.3 Å². The minimum atomic E-state index is -0.480. The molecule has 0 aromatic heterocycles. The Hall–Kier alpha value is -0.120. The molecule has 0 aromatic rings. The Kier molecular flexibility index (Phi) is 5.22. The topological polar surface area (TPSA) is 35.5 Å². The van der Waals surface area contributed by atoms with Crippen LogP contribution in [0.25, 0.3) is 0 Å². The van der Waals surface area contributed by atoms with Gasteiger partial charge in [-0.2, -0.15) is 0 Å². The fourth-order valence-electron chi connectivity index (χ4n) is 2.69. The van der Waals surface area contributed by atoms with Crippen molar-refractivity contribution in [3.05, 3.63) is 0 Å². The second-order valence-corrected chi connectivity index (χ2v) is 5.33. The van der Waals surface area contributed by atoms with Crippen molar-refractivity contribution in [2.45, 2.75) is 51.7 Å². The third kappa shape index (κ3) is 3.44. The van der Waals surface area contributed by atoms with Gasteiger partial charge >= 0.3 is 0 Å². The van der Waals surface area contributed by atoms with Crippen LogP contribution in [0, 0.1) is 5.92 Å². The number of aliphatic hydroxyl groups is 1. The molecule has 1 heterocycles. The lowest BCUT2D eigenvalue weighted by Crippen LogP contribution is -2.51. The smallest absolute Gasteiger partial charge is 0.0768 e. The average Bonchev–Trinajstić information content (AvgIpc) is 2.29. The van der Waals surface area contributed by atoms with Crippen molar-refractivity contribution < 1.29 is 5.11 Å². The Bertz CT molecular complexity index is 204. The molecule has 2 unspecified atom stereocenters. The van der Waals surface area contributed by atoms with E-state index in [4.69, 9.17) is 0 Å². The summed E-state index contributed by atoms with van der Waals surface area (Å²) in [5.74, 6) is 0.678. The Balaban J connectivity index is 2.46. The average molecular weight is 228 g/mol. The van der Waals surface area contributed by atoms with E-state index in [-0.39, 0.29) is 0 Å². The zero-order chi connectivity index (χ0) is 12.2. The van der Waals surface area contributed by atoms with E-state index in [1.807, 2.05) is 7.05 Å². The summed E-state index contributed by atoms with van der Waals surface area (Å²) in [5, 5.41) is 13.7. The highest BCUT2D eigenvalue weighted by molar-refractivity contribution is 4.86. The van der Waals surface area contributed by atoms with Crippen LogP contribution in [0.5, 0.6) is 0 Å². The molecule has 16 heavy (non-hydrogen) atoms. The Morgan fingerprint density at radius 1 is 1.38 bits per heavy atom. The molecule has 1 aliphatic rings. The van der Waals surface area contributed by atoms with Gasteiger partial charge in [0.2, 0.25) is 0 Å². The van der Waals surface area contributed by atoms with Crippen LogP contribution in [0.4, 0.5) is 0 Å². The zero-order valence-electron chi connectivity index (χ0n) is 11.3. The van der Waals surface area contributed by atoms with Crippen molar-refractivity contribution in [2.75, 3.05) is 26.7 Å². The second-order valence-electron chi connectivity index (χ2n) is 5.33. The summed E-state index contributed by atoms with van der Waals surface area (Å²) in [6.07, 6.45) is 2.90. The maximum absolute atomic E-state index is 10.3. The number of hydrogen-bond donors (Lipinski definition) is 2. The highest BCUT2D eigenvalue weighted by Gasteiger charge is 2.30. The Labute approximate surface area is 100 Å². The molecule has 1 saturated heterocycles. The van der Waals surface area contributed by atoms with Gasteiger partial charge in [-0.15, -0.1) is 0 Å². The molecule has 3 nitrogen and oxygen atoms in total. The first kappa shape index (κ1) is 13.9. The van der Waals surface area contributed by atoms with E-state index in [9.17, 15) is 5.11 Å². The molecule has 0 bridgehead atoms. The monoisotopic (exact) mass is 228 g/mol. The molecule has 2 N–H and O–H groups in total.